The van der Waals surface area contributed by atoms with Gasteiger partial charge in [0.2, 0.25) is 0 Å². The maximum Gasteiger partial charge on any atom is 0.257 e. The second kappa shape index (κ2) is 7.42. The number of imidazole rings is 1. The molecule has 1 amide bonds. The van der Waals surface area contributed by atoms with Gasteiger partial charge in [-0.1, -0.05) is 23.2 Å². The van der Waals surface area contributed by atoms with Crippen molar-refractivity contribution in [1.29, 1.82) is 0 Å². The monoisotopic (exact) mass is 432 g/mol. The van der Waals surface area contributed by atoms with Crippen LogP contribution in [0.2, 0.25) is 10.0 Å². The third kappa shape index (κ3) is 3.79. The lowest BCUT2D eigenvalue weighted by Gasteiger charge is -2.11. The maximum absolute atomic E-state index is 14.7. The Balaban J connectivity index is 1.65. The number of hydrogen-bond donors (Lipinski definition) is 1. The molecule has 29 heavy (non-hydrogen) atoms. The molecule has 2 aromatic heterocycles. The van der Waals surface area contributed by atoms with E-state index in [1.54, 1.807) is 16.8 Å². The van der Waals surface area contributed by atoms with Crippen LogP contribution < -0.4 is 5.32 Å². The summed E-state index contributed by atoms with van der Waals surface area (Å²) in [5, 5.41) is 6.82. The number of carbonyl (C=O) groups is 1. The van der Waals surface area contributed by atoms with Crippen molar-refractivity contribution in [2.75, 3.05) is 5.32 Å². The van der Waals surface area contributed by atoms with E-state index in [1.165, 1.54) is 18.3 Å². The second-order valence-electron chi connectivity index (χ2n) is 6.32. The summed E-state index contributed by atoms with van der Waals surface area (Å²) in [4.78, 5) is 16.9. The molecule has 0 aliphatic heterocycles. The van der Waals surface area contributed by atoms with Gasteiger partial charge in [-0.3, -0.25) is 4.79 Å². The van der Waals surface area contributed by atoms with Gasteiger partial charge in [0.25, 0.3) is 5.91 Å². The lowest BCUT2D eigenvalue weighted by atomic mass is 10.0. The van der Waals surface area contributed by atoms with Gasteiger partial charge >= 0.3 is 0 Å². The lowest BCUT2D eigenvalue weighted by Crippen LogP contribution is -2.13. The Hall–Kier alpha value is -3.03. The average molecular weight is 433 g/mol. The van der Waals surface area contributed by atoms with Crippen LogP contribution >= 0.6 is 23.2 Å². The summed E-state index contributed by atoms with van der Waals surface area (Å²) in [6.07, 6.45) is 3.19. The predicted octanol–water partition coefficient (Wildman–Crippen LogP) is 5.54. The number of nitrogens with zero attached hydrogens (tertiary/aromatic N) is 3. The van der Waals surface area contributed by atoms with E-state index in [2.05, 4.69) is 15.4 Å². The average Bonchev–Trinajstić information content (AvgIpc) is 3.03. The first-order valence-corrected chi connectivity index (χ1v) is 9.15. The van der Waals surface area contributed by atoms with Crippen LogP contribution in [0.15, 0.2) is 48.8 Å². The number of aryl methyl sites for hydroxylation is 1. The van der Waals surface area contributed by atoms with Gasteiger partial charge in [-0.2, -0.15) is 5.10 Å². The first-order chi connectivity index (χ1) is 13.8. The molecule has 0 radical (unpaired) electrons. The van der Waals surface area contributed by atoms with E-state index < -0.39 is 17.5 Å². The molecule has 4 aromatic rings. The molecule has 9 heteroatoms. The van der Waals surface area contributed by atoms with E-state index >= 15 is 0 Å². The number of nitrogens with one attached hydrogen (secondary N) is 1. The zero-order valence-electron chi connectivity index (χ0n) is 14.9. The normalized spacial score (nSPS) is 11.1. The number of fused-ring (bicyclic) bond motifs is 1. The van der Waals surface area contributed by atoms with Crippen molar-refractivity contribution >= 4 is 40.4 Å². The number of carbonyl (C=O) groups excluding carboxylic acids is 1. The van der Waals surface area contributed by atoms with Crippen LogP contribution in [0.4, 0.5) is 14.5 Å². The molecule has 0 saturated carbocycles. The Morgan fingerprint density at radius 3 is 2.62 bits per heavy atom. The Morgan fingerprint density at radius 2 is 1.86 bits per heavy atom. The van der Waals surface area contributed by atoms with Crippen molar-refractivity contribution in [2.45, 2.75) is 6.92 Å². The minimum absolute atomic E-state index is 0.0185. The fourth-order valence-corrected chi connectivity index (χ4v) is 3.42. The van der Waals surface area contributed by atoms with Crippen LogP contribution in [-0.2, 0) is 0 Å². The molecule has 4 rings (SSSR count). The SMILES string of the molecule is Cc1cn2ncc(NC(=O)c3cc(F)c(-c4ccc(F)cc4Cl)cc3Cl)cc2n1. The largest absolute Gasteiger partial charge is 0.320 e. The Kier molecular flexibility index (Phi) is 4.94. The zero-order valence-corrected chi connectivity index (χ0v) is 16.4. The van der Waals surface area contributed by atoms with Gasteiger partial charge in [-0.25, -0.2) is 18.3 Å². The topological polar surface area (TPSA) is 59.3 Å². The maximum atomic E-state index is 14.7. The minimum atomic E-state index is -0.717. The smallest absolute Gasteiger partial charge is 0.257 e. The molecule has 2 heterocycles. The van der Waals surface area contributed by atoms with E-state index in [9.17, 15) is 13.6 Å². The highest BCUT2D eigenvalue weighted by atomic mass is 35.5. The summed E-state index contributed by atoms with van der Waals surface area (Å²) in [6.45, 7) is 1.82. The summed E-state index contributed by atoms with van der Waals surface area (Å²) >= 11 is 12.2. The highest BCUT2D eigenvalue weighted by Gasteiger charge is 2.18. The quantitative estimate of drug-likeness (QED) is 0.462. The van der Waals surface area contributed by atoms with E-state index in [0.29, 0.717) is 11.3 Å². The van der Waals surface area contributed by atoms with Crippen molar-refractivity contribution < 1.29 is 13.6 Å². The molecule has 5 nitrogen and oxygen atoms in total. The molecule has 146 valence electrons. The minimum Gasteiger partial charge on any atom is -0.320 e. The van der Waals surface area contributed by atoms with Gasteiger partial charge < -0.3 is 5.32 Å². The molecular weight excluding hydrogens is 421 g/mol. The fraction of sp³-hybridized carbons (Fsp3) is 0.0500. The van der Waals surface area contributed by atoms with Gasteiger partial charge in [-0.15, -0.1) is 0 Å². The first kappa shape index (κ1) is 19.3. The van der Waals surface area contributed by atoms with E-state index in [-0.39, 0.29) is 26.7 Å². The van der Waals surface area contributed by atoms with E-state index in [1.807, 2.05) is 6.92 Å². The molecule has 0 saturated heterocycles. The van der Waals surface area contributed by atoms with E-state index in [4.69, 9.17) is 23.2 Å². The van der Waals surface area contributed by atoms with Crippen LogP contribution in [0, 0.1) is 18.6 Å². The summed E-state index contributed by atoms with van der Waals surface area (Å²) in [5.74, 6) is -1.87. The Morgan fingerprint density at radius 1 is 1.07 bits per heavy atom. The number of anilines is 1. The molecule has 2 aromatic carbocycles. The van der Waals surface area contributed by atoms with Crippen LogP contribution in [0.25, 0.3) is 16.8 Å². The number of hydrogen-bond acceptors (Lipinski definition) is 3. The van der Waals surface area contributed by atoms with Crippen molar-refractivity contribution in [1.82, 2.24) is 14.6 Å². The number of amides is 1. The highest BCUT2D eigenvalue weighted by Crippen LogP contribution is 2.34. The molecule has 0 unspecified atom stereocenters. The lowest BCUT2D eigenvalue weighted by molar-refractivity contribution is 0.102. The molecule has 0 atom stereocenters. The number of rotatable bonds is 3. The van der Waals surface area contributed by atoms with Crippen LogP contribution in [-0.4, -0.2) is 20.5 Å². The van der Waals surface area contributed by atoms with Crippen LogP contribution in [0.5, 0.6) is 0 Å². The van der Waals surface area contributed by atoms with Crippen molar-refractivity contribution in [3.63, 3.8) is 0 Å². The zero-order chi connectivity index (χ0) is 20.7. The Labute approximate surface area is 173 Å². The summed E-state index contributed by atoms with van der Waals surface area (Å²) in [6, 6.07) is 7.51. The van der Waals surface area contributed by atoms with Gasteiger partial charge in [0, 0.05) is 17.2 Å². The summed E-state index contributed by atoms with van der Waals surface area (Å²) < 4.78 is 29.5. The fourth-order valence-electron chi connectivity index (χ4n) is 2.90. The van der Waals surface area contributed by atoms with Crippen molar-refractivity contribution in [3.8, 4) is 11.1 Å². The van der Waals surface area contributed by atoms with Crippen molar-refractivity contribution in [3.05, 3.63) is 81.7 Å². The van der Waals surface area contributed by atoms with Crippen LogP contribution in [0.3, 0.4) is 0 Å². The molecule has 0 spiro atoms. The molecule has 0 aliphatic carbocycles. The molecular formula is C20H12Cl2F2N4O. The third-order valence-corrected chi connectivity index (χ3v) is 4.85. The van der Waals surface area contributed by atoms with Gasteiger partial charge in [0.15, 0.2) is 5.65 Å². The predicted molar refractivity (Wildman–Crippen MR) is 107 cm³/mol. The van der Waals surface area contributed by atoms with Crippen molar-refractivity contribution in [2.24, 2.45) is 0 Å². The number of halogens is 4. The number of aromatic nitrogens is 3. The first-order valence-electron chi connectivity index (χ1n) is 8.39. The Bertz CT molecular complexity index is 1270. The highest BCUT2D eigenvalue weighted by molar-refractivity contribution is 6.35. The molecule has 1 N–H and O–H groups in total. The summed E-state index contributed by atoms with van der Waals surface area (Å²) in [5.41, 5.74) is 1.98. The second-order valence-corrected chi connectivity index (χ2v) is 7.13. The molecule has 0 aliphatic rings. The van der Waals surface area contributed by atoms with E-state index in [0.717, 1.165) is 23.9 Å². The van der Waals surface area contributed by atoms with Gasteiger partial charge in [0.05, 0.1) is 39.4 Å². The summed E-state index contributed by atoms with van der Waals surface area (Å²) in [7, 11) is 0. The molecule has 0 bridgehead atoms. The number of benzene rings is 2. The molecule has 0 fully saturated rings. The van der Waals surface area contributed by atoms with Crippen LogP contribution in [0.1, 0.15) is 16.1 Å². The van der Waals surface area contributed by atoms with Gasteiger partial charge in [-0.05, 0) is 37.3 Å². The standard InChI is InChI=1S/C20H12Cl2F2N4O/c1-10-9-28-19(26-10)5-12(8-25-28)27-20(29)15-7-18(24)14(6-17(15)22)13-3-2-11(23)4-16(13)21/h2-9H,1H3,(H,27,29). The third-order valence-electron chi connectivity index (χ3n) is 4.22. The van der Waals surface area contributed by atoms with Gasteiger partial charge in [0.1, 0.15) is 11.6 Å².